The van der Waals surface area contributed by atoms with Crippen molar-refractivity contribution in [3.63, 3.8) is 0 Å². The van der Waals surface area contributed by atoms with Gasteiger partial charge >= 0.3 is 0 Å². The van der Waals surface area contributed by atoms with Gasteiger partial charge in [0, 0.05) is 17.1 Å². The highest BCUT2D eigenvalue weighted by molar-refractivity contribution is 7.99. The minimum atomic E-state index is -0.707. The lowest BCUT2D eigenvalue weighted by atomic mass is 9.68. The third-order valence-corrected chi connectivity index (χ3v) is 5.65. The largest absolute Gasteiger partial charge is 0.298 e. The number of hydrogen-bond acceptors (Lipinski definition) is 3. The molecule has 19 heavy (non-hydrogen) atoms. The number of fused-ring (bicyclic) bond motifs is 1. The minimum Gasteiger partial charge on any atom is -0.298 e. The first-order chi connectivity index (χ1) is 9.25. The number of thioether (sulfide) groups is 1. The third kappa shape index (κ3) is 2.19. The van der Waals surface area contributed by atoms with Crippen LogP contribution in [0, 0.1) is 16.7 Å². The SMILES string of the molecule is N#CC1(CC2CSc3ccccc32)CCCCC1=O. The third-order valence-electron chi connectivity index (χ3n) is 4.40. The van der Waals surface area contributed by atoms with Gasteiger partial charge in [0.15, 0.2) is 5.78 Å². The molecule has 1 aromatic carbocycles. The van der Waals surface area contributed by atoms with Crippen LogP contribution in [0.2, 0.25) is 0 Å². The average molecular weight is 271 g/mol. The van der Waals surface area contributed by atoms with Crippen LogP contribution >= 0.6 is 11.8 Å². The Morgan fingerprint density at radius 3 is 3.00 bits per heavy atom. The van der Waals surface area contributed by atoms with Crippen molar-refractivity contribution in [2.75, 3.05) is 5.75 Å². The highest BCUT2D eigenvalue weighted by Gasteiger charge is 2.43. The van der Waals surface area contributed by atoms with Gasteiger partial charge in [0.25, 0.3) is 0 Å². The van der Waals surface area contributed by atoms with Crippen molar-refractivity contribution in [2.45, 2.75) is 42.9 Å². The summed E-state index contributed by atoms with van der Waals surface area (Å²) >= 11 is 1.85. The lowest BCUT2D eigenvalue weighted by molar-refractivity contribution is -0.128. The number of nitrogens with zero attached hydrogens (tertiary/aromatic N) is 1. The van der Waals surface area contributed by atoms with Gasteiger partial charge in [-0.15, -0.1) is 11.8 Å². The molecule has 0 saturated heterocycles. The van der Waals surface area contributed by atoms with Crippen LogP contribution in [0.4, 0.5) is 0 Å². The molecule has 1 aromatic rings. The molecule has 1 fully saturated rings. The maximum absolute atomic E-state index is 12.2. The molecule has 0 spiro atoms. The zero-order chi connectivity index (χ0) is 13.3. The van der Waals surface area contributed by atoms with E-state index >= 15 is 0 Å². The summed E-state index contributed by atoms with van der Waals surface area (Å²) in [5.74, 6) is 1.55. The van der Waals surface area contributed by atoms with Crippen molar-refractivity contribution >= 4 is 17.5 Å². The van der Waals surface area contributed by atoms with Crippen molar-refractivity contribution in [3.05, 3.63) is 29.8 Å². The highest BCUT2D eigenvalue weighted by atomic mass is 32.2. The van der Waals surface area contributed by atoms with Crippen LogP contribution in [-0.4, -0.2) is 11.5 Å². The summed E-state index contributed by atoms with van der Waals surface area (Å²) in [6.45, 7) is 0. The fraction of sp³-hybridized carbons (Fsp3) is 0.500. The maximum Gasteiger partial charge on any atom is 0.153 e. The monoisotopic (exact) mass is 271 g/mol. The summed E-state index contributed by atoms with van der Waals surface area (Å²) in [7, 11) is 0. The number of Topliss-reactive ketones (excluding diaryl/α,β-unsaturated/α-hetero) is 1. The highest BCUT2D eigenvalue weighted by Crippen LogP contribution is 2.47. The van der Waals surface area contributed by atoms with Crippen molar-refractivity contribution in [2.24, 2.45) is 5.41 Å². The Kier molecular flexibility index (Phi) is 3.36. The normalized spacial score (nSPS) is 29.8. The molecule has 0 N–H and O–H groups in total. The fourth-order valence-corrected chi connectivity index (χ4v) is 4.54. The van der Waals surface area contributed by atoms with E-state index in [1.165, 1.54) is 10.5 Å². The van der Waals surface area contributed by atoms with E-state index in [9.17, 15) is 10.1 Å². The predicted molar refractivity (Wildman–Crippen MR) is 76.0 cm³/mol. The molecular formula is C16H17NOS. The van der Waals surface area contributed by atoms with Gasteiger partial charge in [-0.3, -0.25) is 4.79 Å². The van der Waals surface area contributed by atoms with E-state index in [0.717, 1.165) is 25.0 Å². The van der Waals surface area contributed by atoms with Crippen molar-refractivity contribution in [1.29, 1.82) is 5.26 Å². The Hall–Kier alpha value is -1.27. The molecule has 3 heteroatoms. The second-order valence-corrected chi connectivity index (χ2v) is 6.64. The second kappa shape index (κ2) is 5.02. The first-order valence-electron chi connectivity index (χ1n) is 6.91. The Balaban J connectivity index is 1.85. The number of hydrogen-bond donors (Lipinski definition) is 0. The number of nitriles is 1. The minimum absolute atomic E-state index is 0.177. The summed E-state index contributed by atoms with van der Waals surface area (Å²) < 4.78 is 0. The number of benzene rings is 1. The van der Waals surface area contributed by atoms with Crippen molar-refractivity contribution in [1.82, 2.24) is 0 Å². The molecule has 2 unspecified atom stereocenters. The Bertz CT molecular complexity index is 548. The topological polar surface area (TPSA) is 40.9 Å². The van der Waals surface area contributed by atoms with Crippen LogP contribution in [0.15, 0.2) is 29.2 Å². The van der Waals surface area contributed by atoms with E-state index < -0.39 is 5.41 Å². The zero-order valence-electron chi connectivity index (χ0n) is 10.9. The fourth-order valence-electron chi connectivity index (χ4n) is 3.29. The first kappa shape index (κ1) is 12.7. The van der Waals surface area contributed by atoms with Gasteiger partial charge in [0.1, 0.15) is 5.41 Å². The smallest absolute Gasteiger partial charge is 0.153 e. The van der Waals surface area contributed by atoms with E-state index in [4.69, 9.17) is 0 Å². The molecule has 1 aliphatic carbocycles. The number of ketones is 1. The van der Waals surface area contributed by atoms with Crippen LogP contribution in [0.3, 0.4) is 0 Å². The standard InChI is InChI=1S/C16H17NOS/c17-11-16(8-4-3-7-15(16)18)9-12-10-19-14-6-2-1-5-13(12)14/h1-2,5-6,12H,3-4,7-10H2. The second-order valence-electron chi connectivity index (χ2n) is 5.57. The van der Waals surface area contributed by atoms with E-state index in [2.05, 4.69) is 30.3 Å². The van der Waals surface area contributed by atoms with Crippen LogP contribution in [0.25, 0.3) is 0 Å². The number of carbonyl (C=O) groups excluding carboxylic acids is 1. The summed E-state index contributed by atoms with van der Waals surface area (Å²) in [6.07, 6.45) is 4.03. The summed E-state index contributed by atoms with van der Waals surface area (Å²) in [5, 5.41) is 9.54. The molecule has 2 aliphatic rings. The van der Waals surface area contributed by atoms with Crippen molar-refractivity contribution in [3.8, 4) is 6.07 Å². The Labute approximate surface area is 118 Å². The molecule has 0 aromatic heterocycles. The predicted octanol–water partition coefficient (Wildman–Crippen LogP) is 3.92. The van der Waals surface area contributed by atoms with Gasteiger partial charge in [-0.2, -0.15) is 5.26 Å². The molecule has 1 heterocycles. The van der Waals surface area contributed by atoms with Gasteiger partial charge in [0.05, 0.1) is 6.07 Å². The average Bonchev–Trinajstić information content (AvgIpc) is 2.85. The van der Waals surface area contributed by atoms with E-state index in [1.54, 1.807) is 0 Å². The van der Waals surface area contributed by atoms with Gasteiger partial charge in [0.2, 0.25) is 0 Å². The number of carbonyl (C=O) groups is 1. The molecule has 0 bridgehead atoms. The van der Waals surface area contributed by atoms with Crippen LogP contribution < -0.4 is 0 Å². The lowest BCUT2D eigenvalue weighted by Gasteiger charge is -2.31. The van der Waals surface area contributed by atoms with Gasteiger partial charge in [-0.05, 0) is 36.8 Å². The van der Waals surface area contributed by atoms with Crippen LogP contribution in [-0.2, 0) is 4.79 Å². The van der Waals surface area contributed by atoms with E-state index in [1.807, 2.05) is 11.8 Å². The molecule has 3 rings (SSSR count). The van der Waals surface area contributed by atoms with Crippen LogP contribution in [0.1, 0.15) is 43.6 Å². The molecule has 98 valence electrons. The van der Waals surface area contributed by atoms with E-state index in [0.29, 0.717) is 18.8 Å². The van der Waals surface area contributed by atoms with Gasteiger partial charge in [-0.1, -0.05) is 24.6 Å². The lowest BCUT2D eigenvalue weighted by Crippen LogP contribution is -2.34. The summed E-state index contributed by atoms with van der Waals surface area (Å²) in [6, 6.07) is 10.8. The van der Waals surface area contributed by atoms with Crippen molar-refractivity contribution < 1.29 is 4.79 Å². The summed E-state index contributed by atoms with van der Waals surface area (Å²) in [5.41, 5.74) is 0.626. The Morgan fingerprint density at radius 2 is 2.21 bits per heavy atom. The molecule has 0 radical (unpaired) electrons. The van der Waals surface area contributed by atoms with Gasteiger partial charge < -0.3 is 0 Å². The first-order valence-corrected chi connectivity index (χ1v) is 7.90. The van der Waals surface area contributed by atoms with E-state index in [-0.39, 0.29) is 5.78 Å². The molecular weight excluding hydrogens is 254 g/mol. The zero-order valence-corrected chi connectivity index (χ0v) is 11.7. The Morgan fingerprint density at radius 1 is 1.37 bits per heavy atom. The number of rotatable bonds is 2. The molecule has 1 saturated carbocycles. The van der Waals surface area contributed by atoms with Crippen LogP contribution in [0.5, 0.6) is 0 Å². The molecule has 2 atom stereocenters. The van der Waals surface area contributed by atoms with Gasteiger partial charge in [-0.25, -0.2) is 0 Å². The molecule has 2 nitrogen and oxygen atoms in total. The molecule has 1 aliphatic heterocycles. The maximum atomic E-state index is 12.2. The molecule has 0 amide bonds. The summed E-state index contributed by atoms with van der Waals surface area (Å²) in [4.78, 5) is 13.5. The quantitative estimate of drug-likeness (QED) is 0.818.